The molecule has 1 unspecified atom stereocenters. The van der Waals surface area contributed by atoms with Crippen LogP contribution in [0.3, 0.4) is 0 Å². The van der Waals surface area contributed by atoms with Gasteiger partial charge in [-0.25, -0.2) is 0 Å². The highest BCUT2D eigenvalue weighted by Gasteiger charge is 2.15. The fraction of sp³-hybridized carbons (Fsp3) is 0.250. The molecule has 1 atom stereocenters. The lowest BCUT2D eigenvalue weighted by atomic mass is 10.1. The van der Waals surface area contributed by atoms with E-state index in [0.717, 1.165) is 5.75 Å². The van der Waals surface area contributed by atoms with Crippen molar-refractivity contribution in [3.05, 3.63) is 53.6 Å². The molecule has 19 heavy (non-hydrogen) atoms. The standard InChI is InChI=1S/C16H19OP.BH3/c1-12-10-13(2)16(17-3)15(11-12)18(4)14-8-6-5-7-9-14;/h5-11H,1-4H3;1H3. The van der Waals surface area contributed by atoms with Crippen LogP contribution in [0.5, 0.6) is 5.75 Å². The Labute approximate surface area is 119 Å². The number of aryl methyl sites for hydroxylation is 2. The molecule has 0 bridgehead atoms. The Hall–Kier alpha value is -1.27. The summed E-state index contributed by atoms with van der Waals surface area (Å²) in [6.45, 7) is 6.55. The third-order valence-electron chi connectivity index (χ3n) is 3.11. The molecule has 0 aliphatic carbocycles. The number of ether oxygens (including phenoxy) is 1. The van der Waals surface area contributed by atoms with Crippen molar-refractivity contribution in [2.45, 2.75) is 13.8 Å². The highest BCUT2D eigenvalue weighted by Crippen LogP contribution is 2.35. The fourth-order valence-corrected chi connectivity index (χ4v) is 4.10. The van der Waals surface area contributed by atoms with E-state index in [4.69, 9.17) is 4.74 Å². The Balaban J connectivity index is 0.00000180. The summed E-state index contributed by atoms with van der Waals surface area (Å²) < 4.78 is 5.59. The van der Waals surface area contributed by atoms with E-state index in [2.05, 4.69) is 63.0 Å². The number of hydrogen-bond acceptors (Lipinski definition) is 1. The first-order chi connectivity index (χ1) is 8.63. The van der Waals surface area contributed by atoms with Crippen LogP contribution in [-0.4, -0.2) is 22.2 Å². The first kappa shape index (κ1) is 15.8. The van der Waals surface area contributed by atoms with Crippen LogP contribution in [0, 0.1) is 13.8 Å². The molecule has 0 aliphatic rings. The second kappa shape index (κ2) is 6.77. The summed E-state index contributed by atoms with van der Waals surface area (Å²) in [6, 6.07) is 15.1. The summed E-state index contributed by atoms with van der Waals surface area (Å²) in [7, 11) is 1.40. The molecule has 100 valence electrons. The minimum Gasteiger partial charge on any atom is -0.496 e. The SMILES string of the molecule is B.COc1c(C)cc(C)cc1P(C)c1ccccc1. The highest BCUT2D eigenvalue weighted by atomic mass is 31.1. The zero-order chi connectivity index (χ0) is 13.1. The van der Waals surface area contributed by atoms with Crippen molar-refractivity contribution in [3.63, 3.8) is 0 Å². The average Bonchev–Trinajstić information content (AvgIpc) is 2.38. The summed E-state index contributed by atoms with van der Waals surface area (Å²) >= 11 is 0. The topological polar surface area (TPSA) is 9.23 Å². The van der Waals surface area contributed by atoms with Crippen LogP contribution < -0.4 is 15.3 Å². The maximum Gasteiger partial charge on any atom is 0.129 e. The molecule has 0 amide bonds. The molecule has 0 radical (unpaired) electrons. The highest BCUT2D eigenvalue weighted by molar-refractivity contribution is 7.72. The smallest absolute Gasteiger partial charge is 0.129 e. The fourth-order valence-electron chi connectivity index (χ4n) is 2.24. The zero-order valence-electron chi connectivity index (χ0n) is 11.4. The predicted octanol–water partition coefficient (Wildman–Crippen LogP) is 2.19. The largest absolute Gasteiger partial charge is 0.496 e. The van der Waals surface area contributed by atoms with Gasteiger partial charge >= 0.3 is 0 Å². The summed E-state index contributed by atoms with van der Waals surface area (Å²) in [5, 5.41) is 2.71. The number of methoxy groups -OCH3 is 1. The van der Waals surface area contributed by atoms with Gasteiger partial charge in [-0.15, -0.1) is 0 Å². The van der Waals surface area contributed by atoms with Crippen molar-refractivity contribution in [2.24, 2.45) is 0 Å². The van der Waals surface area contributed by atoms with Crippen molar-refractivity contribution < 1.29 is 4.74 Å². The van der Waals surface area contributed by atoms with E-state index < -0.39 is 0 Å². The maximum absolute atomic E-state index is 5.59. The number of rotatable bonds is 3. The van der Waals surface area contributed by atoms with E-state index >= 15 is 0 Å². The van der Waals surface area contributed by atoms with E-state index in [1.807, 2.05) is 0 Å². The van der Waals surface area contributed by atoms with Crippen LogP contribution in [0.15, 0.2) is 42.5 Å². The molecule has 0 heterocycles. The molecule has 0 saturated carbocycles. The van der Waals surface area contributed by atoms with Gasteiger partial charge in [-0.3, -0.25) is 0 Å². The molecule has 2 aromatic rings. The van der Waals surface area contributed by atoms with Gasteiger partial charge in [0.05, 0.1) is 15.5 Å². The van der Waals surface area contributed by atoms with Crippen LogP contribution in [0.1, 0.15) is 11.1 Å². The zero-order valence-corrected chi connectivity index (χ0v) is 12.3. The Morgan fingerprint density at radius 1 is 1.00 bits per heavy atom. The summed E-state index contributed by atoms with van der Waals surface area (Å²) in [5.41, 5.74) is 2.52. The lowest BCUT2D eigenvalue weighted by molar-refractivity contribution is 0.415. The minimum absolute atomic E-state index is 0. The van der Waals surface area contributed by atoms with Gasteiger partial charge in [0.15, 0.2) is 0 Å². The van der Waals surface area contributed by atoms with Gasteiger partial charge in [0.2, 0.25) is 0 Å². The molecule has 0 aliphatic heterocycles. The molecule has 2 rings (SSSR count). The second-order valence-electron chi connectivity index (χ2n) is 4.53. The van der Waals surface area contributed by atoms with Gasteiger partial charge < -0.3 is 4.74 Å². The lowest BCUT2D eigenvalue weighted by Gasteiger charge is -2.19. The monoisotopic (exact) mass is 272 g/mol. The third kappa shape index (κ3) is 3.39. The lowest BCUT2D eigenvalue weighted by Crippen LogP contribution is -2.14. The van der Waals surface area contributed by atoms with Gasteiger partial charge in [-0.2, -0.15) is 0 Å². The minimum atomic E-state index is -0.355. The molecule has 0 aromatic heterocycles. The molecule has 0 spiro atoms. The van der Waals surface area contributed by atoms with E-state index in [1.54, 1.807) is 7.11 Å². The van der Waals surface area contributed by atoms with Crippen molar-refractivity contribution >= 4 is 26.9 Å². The number of hydrogen-bond donors (Lipinski definition) is 0. The van der Waals surface area contributed by atoms with Crippen LogP contribution in [0.2, 0.25) is 0 Å². The Morgan fingerprint density at radius 2 is 1.63 bits per heavy atom. The van der Waals surface area contributed by atoms with Crippen molar-refractivity contribution in [3.8, 4) is 5.75 Å². The van der Waals surface area contributed by atoms with Crippen LogP contribution in [0.4, 0.5) is 0 Å². The Kier molecular flexibility index (Phi) is 5.63. The van der Waals surface area contributed by atoms with Crippen molar-refractivity contribution in [1.82, 2.24) is 0 Å². The van der Waals surface area contributed by atoms with E-state index in [1.165, 1.54) is 21.7 Å². The van der Waals surface area contributed by atoms with E-state index in [0.29, 0.717) is 0 Å². The normalized spacial score (nSPS) is 11.6. The summed E-state index contributed by atoms with van der Waals surface area (Å²) in [5.74, 6) is 1.04. The number of benzene rings is 2. The summed E-state index contributed by atoms with van der Waals surface area (Å²) in [6.07, 6.45) is 0. The molecule has 0 N–H and O–H groups in total. The average molecular weight is 272 g/mol. The second-order valence-corrected chi connectivity index (χ2v) is 6.64. The van der Waals surface area contributed by atoms with Crippen molar-refractivity contribution in [2.75, 3.05) is 13.8 Å². The molecule has 1 nitrogen and oxygen atoms in total. The predicted molar refractivity (Wildman–Crippen MR) is 91.0 cm³/mol. The maximum atomic E-state index is 5.59. The quantitative estimate of drug-likeness (QED) is 0.614. The first-order valence-corrected chi connectivity index (χ1v) is 7.86. The molecule has 0 fully saturated rings. The van der Waals surface area contributed by atoms with E-state index in [-0.39, 0.29) is 16.3 Å². The van der Waals surface area contributed by atoms with Gasteiger partial charge in [0, 0.05) is 5.30 Å². The Bertz CT molecular complexity index is 540. The van der Waals surface area contributed by atoms with Gasteiger partial charge in [0.1, 0.15) is 5.75 Å². The first-order valence-electron chi connectivity index (χ1n) is 6.07. The molecular weight excluding hydrogens is 250 g/mol. The van der Waals surface area contributed by atoms with E-state index in [9.17, 15) is 0 Å². The van der Waals surface area contributed by atoms with Gasteiger partial charge in [-0.1, -0.05) is 36.4 Å². The summed E-state index contributed by atoms with van der Waals surface area (Å²) in [4.78, 5) is 0. The Morgan fingerprint density at radius 3 is 2.21 bits per heavy atom. The van der Waals surface area contributed by atoms with Gasteiger partial charge in [0.25, 0.3) is 0 Å². The van der Waals surface area contributed by atoms with Crippen LogP contribution >= 0.6 is 7.92 Å². The van der Waals surface area contributed by atoms with Gasteiger partial charge in [-0.05, 0) is 50.9 Å². The molecular formula is C16H22BOP. The van der Waals surface area contributed by atoms with Crippen LogP contribution in [0.25, 0.3) is 0 Å². The molecule has 3 heteroatoms. The third-order valence-corrected chi connectivity index (χ3v) is 5.24. The van der Waals surface area contributed by atoms with Crippen molar-refractivity contribution in [1.29, 1.82) is 0 Å². The van der Waals surface area contributed by atoms with Crippen LogP contribution in [-0.2, 0) is 0 Å². The molecule has 2 aromatic carbocycles. The molecule has 0 saturated heterocycles.